The highest BCUT2D eigenvalue weighted by Crippen LogP contribution is 2.18. The number of carbonyl (C=O) groups excluding carboxylic acids is 1. The van der Waals surface area contributed by atoms with Crippen LogP contribution in [0.15, 0.2) is 30.6 Å². The van der Waals surface area contributed by atoms with E-state index < -0.39 is 23.2 Å². The molecule has 5 nitrogen and oxygen atoms in total. The summed E-state index contributed by atoms with van der Waals surface area (Å²) in [5.74, 6) is -2.08. The van der Waals surface area contributed by atoms with Crippen molar-refractivity contribution < 1.29 is 13.6 Å². The molecule has 0 saturated heterocycles. The quantitative estimate of drug-likeness (QED) is 0.890. The average Bonchev–Trinajstić information content (AvgIpc) is 2.43. The average molecular weight is 264 g/mol. The standard InChI is InChI=1S/C12H10F2N4O/c1-15-10-6-16-5-9(17-10)12(19)18-11-7(13)3-2-4-8(11)14/h2-6H,1H3,(H,15,17)(H,18,19). The van der Waals surface area contributed by atoms with Crippen LogP contribution in [0.3, 0.4) is 0 Å². The molecule has 0 atom stereocenters. The molecule has 0 saturated carbocycles. The van der Waals surface area contributed by atoms with Crippen molar-refractivity contribution in [2.75, 3.05) is 17.7 Å². The molecule has 1 aromatic carbocycles. The molecule has 0 aliphatic carbocycles. The van der Waals surface area contributed by atoms with Crippen LogP contribution in [-0.2, 0) is 0 Å². The number of nitrogens with one attached hydrogen (secondary N) is 2. The second-order valence-electron chi connectivity index (χ2n) is 3.59. The summed E-state index contributed by atoms with van der Waals surface area (Å²) in [6.45, 7) is 0. The molecule has 7 heteroatoms. The molecule has 2 rings (SSSR count). The molecule has 0 aliphatic heterocycles. The van der Waals surface area contributed by atoms with Gasteiger partial charge in [-0.25, -0.2) is 13.8 Å². The summed E-state index contributed by atoms with van der Waals surface area (Å²) < 4.78 is 26.7. The number of nitrogens with zero attached hydrogens (tertiary/aromatic N) is 2. The van der Waals surface area contributed by atoms with E-state index in [1.54, 1.807) is 7.05 Å². The van der Waals surface area contributed by atoms with Gasteiger partial charge in [0, 0.05) is 7.05 Å². The predicted molar refractivity (Wildman–Crippen MR) is 65.9 cm³/mol. The molecular weight excluding hydrogens is 254 g/mol. The second-order valence-corrected chi connectivity index (χ2v) is 3.59. The number of hydrogen-bond acceptors (Lipinski definition) is 4. The Balaban J connectivity index is 2.25. The number of benzene rings is 1. The number of amides is 1. The van der Waals surface area contributed by atoms with E-state index in [1.807, 2.05) is 0 Å². The summed E-state index contributed by atoms with van der Waals surface area (Å²) in [5.41, 5.74) is -0.557. The zero-order valence-electron chi connectivity index (χ0n) is 9.95. The van der Waals surface area contributed by atoms with Gasteiger partial charge in [-0.15, -0.1) is 0 Å². The molecule has 2 N–H and O–H groups in total. The van der Waals surface area contributed by atoms with Gasteiger partial charge < -0.3 is 10.6 Å². The highest BCUT2D eigenvalue weighted by molar-refractivity contribution is 6.03. The first-order valence-corrected chi connectivity index (χ1v) is 5.37. The fourth-order valence-electron chi connectivity index (χ4n) is 1.39. The molecule has 2 aromatic rings. The first kappa shape index (κ1) is 12.9. The molecule has 19 heavy (non-hydrogen) atoms. The lowest BCUT2D eigenvalue weighted by atomic mass is 10.3. The summed E-state index contributed by atoms with van der Waals surface area (Å²) in [4.78, 5) is 19.5. The zero-order valence-corrected chi connectivity index (χ0v) is 9.95. The van der Waals surface area contributed by atoms with E-state index in [1.165, 1.54) is 18.5 Å². The Bertz CT molecular complexity index is 598. The van der Waals surface area contributed by atoms with E-state index in [9.17, 15) is 13.6 Å². The number of para-hydroxylation sites is 1. The van der Waals surface area contributed by atoms with Crippen LogP contribution in [0.2, 0.25) is 0 Å². The monoisotopic (exact) mass is 264 g/mol. The van der Waals surface area contributed by atoms with Crippen LogP contribution >= 0.6 is 0 Å². The first-order chi connectivity index (χ1) is 9.11. The van der Waals surface area contributed by atoms with E-state index >= 15 is 0 Å². The lowest BCUT2D eigenvalue weighted by Gasteiger charge is -2.07. The van der Waals surface area contributed by atoms with Crippen molar-refractivity contribution in [3.8, 4) is 0 Å². The normalized spacial score (nSPS) is 10.1. The third-order valence-corrected chi connectivity index (χ3v) is 2.32. The Labute approximate surface area is 107 Å². The summed E-state index contributed by atoms with van der Waals surface area (Å²) in [7, 11) is 1.61. The minimum Gasteiger partial charge on any atom is -0.372 e. The predicted octanol–water partition coefficient (Wildman–Crippen LogP) is 2.05. The van der Waals surface area contributed by atoms with Crippen molar-refractivity contribution in [2.24, 2.45) is 0 Å². The van der Waals surface area contributed by atoms with Gasteiger partial charge in [-0.2, -0.15) is 0 Å². The third-order valence-electron chi connectivity index (χ3n) is 2.32. The van der Waals surface area contributed by atoms with Crippen molar-refractivity contribution in [1.82, 2.24) is 9.97 Å². The number of aromatic nitrogens is 2. The highest BCUT2D eigenvalue weighted by Gasteiger charge is 2.14. The topological polar surface area (TPSA) is 66.9 Å². The molecule has 0 spiro atoms. The number of carbonyl (C=O) groups is 1. The van der Waals surface area contributed by atoms with Gasteiger partial charge in [-0.05, 0) is 12.1 Å². The highest BCUT2D eigenvalue weighted by atomic mass is 19.1. The Morgan fingerprint density at radius 3 is 2.53 bits per heavy atom. The van der Waals surface area contributed by atoms with Gasteiger partial charge >= 0.3 is 0 Å². The van der Waals surface area contributed by atoms with E-state index in [0.717, 1.165) is 12.1 Å². The fourth-order valence-corrected chi connectivity index (χ4v) is 1.39. The molecule has 1 aromatic heterocycles. The van der Waals surface area contributed by atoms with E-state index in [2.05, 4.69) is 20.6 Å². The van der Waals surface area contributed by atoms with Crippen molar-refractivity contribution in [1.29, 1.82) is 0 Å². The van der Waals surface area contributed by atoms with Crippen molar-refractivity contribution >= 4 is 17.4 Å². The van der Waals surface area contributed by atoms with Gasteiger partial charge in [-0.3, -0.25) is 9.78 Å². The summed E-state index contributed by atoms with van der Waals surface area (Å²) in [5, 5.41) is 4.83. The molecule has 0 radical (unpaired) electrons. The Morgan fingerprint density at radius 1 is 1.21 bits per heavy atom. The SMILES string of the molecule is CNc1cncc(C(=O)Nc2c(F)cccc2F)n1. The van der Waals surface area contributed by atoms with Crippen LogP contribution in [-0.4, -0.2) is 22.9 Å². The summed E-state index contributed by atoms with van der Waals surface area (Å²) in [6.07, 6.45) is 2.62. The van der Waals surface area contributed by atoms with E-state index in [0.29, 0.717) is 5.82 Å². The maximum absolute atomic E-state index is 13.4. The molecule has 0 unspecified atom stereocenters. The maximum Gasteiger partial charge on any atom is 0.276 e. The Hall–Kier alpha value is -2.57. The first-order valence-electron chi connectivity index (χ1n) is 5.37. The van der Waals surface area contributed by atoms with Gasteiger partial charge in [0.15, 0.2) is 0 Å². The Kier molecular flexibility index (Phi) is 3.65. The summed E-state index contributed by atoms with van der Waals surface area (Å²) in [6, 6.07) is 3.31. The van der Waals surface area contributed by atoms with Gasteiger partial charge in [0.2, 0.25) is 0 Å². The van der Waals surface area contributed by atoms with Gasteiger partial charge in [-0.1, -0.05) is 6.07 Å². The van der Waals surface area contributed by atoms with Crippen LogP contribution in [0, 0.1) is 11.6 Å². The largest absolute Gasteiger partial charge is 0.372 e. The molecule has 0 bridgehead atoms. The zero-order chi connectivity index (χ0) is 13.8. The molecule has 0 aliphatic rings. The van der Waals surface area contributed by atoms with Crippen molar-refractivity contribution in [2.45, 2.75) is 0 Å². The van der Waals surface area contributed by atoms with E-state index in [-0.39, 0.29) is 5.69 Å². The van der Waals surface area contributed by atoms with Crippen LogP contribution in [0.25, 0.3) is 0 Å². The van der Waals surface area contributed by atoms with Crippen molar-refractivity contribution in [3.63, 3.8) is 0 Å². The Morgan fingerprint density at radius 2 is 1.89 bits per heavy atom. The minimum atomic E-state index is -0.855. The van der Waals surface area contributed by atoms with Crippen molar-refractivity contribution in [3.05, 3.63) is 47.9 Å². The van der Waals surface area contributed by atoms with Crippen LogP contribution in [0.1, 0.15) is 10.5 Å². The summed E-state index contributed by atoms with van der Waals surface area (Å²) >= 11 is 0. The second kappa shape index (κ2) is 5.38. The number of halogens is 2. The van der Waals surface area contributed by atoms with Crippen LogP contribution < -0.4 is 10.6 Å². The van der Waals surface area contributed by atoms with Crippen LogP contribution in [0.4, 0.5) is 20.3 Å². The minimum absolute atomic E-state index is 0.0468. The maximum atomic E-state index is 13.4. The number of rotatable bonds is 3. The third kappa shape index (κ3) is 2.82. The molecular formula is C12H10F2N4O. The van der Waals surface area contributed by atoms with E-state index in [4.69, 9.17) is 0 Å². The smallest absolute Gasteiger partial charge is 0.276 e. The number of anilines is 2. The molecule has 1 amide bonds. The van der Waals surface area contributed by atoms with Crippen LogP contribution in [0.5, 0.6) is 0 Å². The lowest BCUT2D eigenvalue weighted by Crippen LogP contribution is -2.16. The van der Waals surface area contributed by atoms with Gasteiger partial charge in [0.05, 0.1) is 12.4 Å². The van der Waals surface area contributed by atoms with Gasteiger partial charge in [0.25, 0.3) is 5.91 Å². The molecule has 1 heterocycles. The lowest BCUT2D eigenvalue weighted by molar-refractivity contribution is 0.102. The fraction of sp³-hybridized carbons (Fsp3) is 0.0833. The van der Waals surface area contributed by atoms with Gasteiger partial charge in [0.1, 0.15) is 28.8 Å². The molecule has 0 fully saturated rings. The molecule has 98 valence electrons. The number of hydrogen-bond donors (Lipinski definition) is 2.